The number of nitrogens with zero attached hydrogens (tertiary/aromatic N) is 1. The molecule has 0 aliphatic heterocycles. The van der Waals surface area contributed by atoms with Crippen LogP contribution in [0.3, 0.4) is 0 Å². The normalized spacial score (nSPS) is 18.5. The first-order valence-electron chi connectivity index (χ1n) is 28.5. The van der Waals surface area contributed by atoms with Gasteiger partial charge >= 0.3 is 11.9 Å². The van der Waals surface area contributed by atoms with E-state index >= 15 is 0 Å². The summed E-state index contributed by atoms with van der Waals surface area (Å²) in [5, 5.41) is 0. The first-order chi connectivity index (χ1) is 31.9. The number of ketones is 1. The van der Waals surface area contributed by atoms with Crippen LogP contribution in [0, 0.1) is 11.3 Å². The number of hydrogen-bond acceptors (Lipinski definition) is 8. The number of carbonyl (C=O) groups is 3. The third kappa shape index (κ3) is 23.4. The summed E-state index contributed by atoms with van der Waals surface area (Å²) in [6, 6.07) is 0. The van der Waals surface area contributed by atoms with Gasteiger partial charge < -0.3 is 14.4 Å². The van der Waals surface area contributed by atoms with Gasteiger partial charge in [0.15, 0.2) is 5.78 Å². The Balaban J connectivity index is 1.76. The van der Waals surface area contributed by atoms with E-state index < -0.39 is 20.2 Å². The molecule has 1 N–H and O–H groups in total. The molecule has 388 valence electrons. The van der Waals surface area contributed by atoms with Crippen LogP contribution >= 0.6 is 0 Å². The number of sulfonamides is 1. The Bertz CT molecular complexity index is 1360. The van der Waals surface area contributed by atoms with E-state index in [1.165, 1.54) is 96.3 Å². The average molecular weight is 952 g/mol. The quantitative estimate of drug-likeness (QED) is 0.0473. The minimum absolute atomic E-state index is 0.0177. The van der Waals surface area contributed by atoms with E-state index in [2.05, 4.69) is 37.3 Å². The lowest BCUT2D eigenvalue weighted by atomic mass is 9.81. The number of nitrogens with one attached hydrogen (secondary N) is 1. The van der Waals surface area contributed by atoms with Gasteiger partial charge in [-0.1, -0.05) is 176 Å². The van der Waals surface area contributed by atoms with Crippen molar-refractivity contribution in [1.82, 2.24) is 9.62 Å². The third-order valence-electron chi connectivity index (χ3n) is 15.6. The Hall–Kier alpha value is -1.52. The average Bonchev–Trinajstić information content (AvgIpc) is 3.67. The molecule has 0 aromatic carbocycles. The standard InChI is InChI=1S/C56H106N2O7S/c1-7-11-14-17-22-29-37-50(10-4)64-53(60)40-32-25-20-27-34-45-58(47-36-44-57-66(62,63)56-43-42-49(48-52(56)59)55(56,5)6)46-35-28-21-26-33-41-54(61)65-51(38-30-23-18-15-12-8-2)39-31-24-19-16-13-9-3/h49-51,57H,7-48H2,1-6H3/t49-,50?,56+/m0/s1. The molecule has 0 radical (unpaired) electrons. The highest BCUT2D eigenvalue weighted by Crippen LogP contribution is 2.61. The maximum atomic E-state index is 13.7. The number of ether oxygens (including phenoxy) is 2. The second-order valence-electron chi connectivity index (χ2n) is 21.3. The second kappa shape index (κ2) is 36.4. The van der Waals surface area contributed by atoms with Crippen molar-refractivity contribution < 1.29 is 32.3 Å². The molecule has 9 nitrogen and oxygen atoms in total. The van der Waals surface area contributed by atoms with Gasteiger partial charge in [-0.05, 0) is 121 Å². The molecule has 2 bridgehead atoms. The number of Topliss-reactive ketones (excluding diaryl/α,β-unsaturated/α-hetero) is 1. The van der Waals surface area contributed by atoms with E-state index in [0.29, 0.717) is 38.6 Å². The van der Waals surface area contributed by atoms with Gasteiger partial charge in [0.05, 0.1) is 0 Å². The van der Waals surface area contributed by atoms with Crippen LogP contribution in [0.1, 0.15) is 286 Å². The smallest absolute Gasteiger partial charge is 0.306 e. The Labute approximate surface area is 408 Å². The molecule has 0 saturated heterocycles. The van der Waals surface area contributed by atoms with E-state index in [-0.39, 0.29) is 35.8 Å². The van der Waals surface area contributed by atoms with E-state index in [0.717, 1.165) is 135 Å². The van der Waals surface area contributed by atoms with E-state index in [4.69, 9.17) is 9.47 Å². The number of esters is 2. The fraction of sp³-hybridized carbons (Fsp3) is 0.946. The molecule has 3 atom stereocenters. The molecule has 2 aliphatic rings. The first-order valence-corrected chi connectivity index (χ1v) is 30.0. The predicted molar refractivity (Wildman–Crippen MR) is 276 cm³/mol. The van der Waals surface area contributed by atoms with Gasteiger partial charge in [0.1, 0.15) is 17.0 Å². The Morgan fingerprint density at radius 1 is 0.576 bits per heavy atom. The summed E-state index contributed by atoms with van der Waals surface area (Å²) >= 11 is 0. The number of carbonyl (C=O) groups excluding carboxylic acids is 3. The topological polar surface area (TPSA) is 119 Å². The third-order valence-corrected chi connectivity index (χ3v) is 18.1. The van der Waals surface area contributed by atoms with Crippen molar-refractivity contribution in [1.29, 1.82) is 0 Å². The van der Waals surface area contributed by atoms with Gasteiger partial charge in [0.25, 0.3) is 0 Å². The van der Waals surface area contributed by atoms with E-state index in [1.54, 1.807) is 0 Å². The lowest BCUT2D eigenvalue weighted by molar-refractivity contribution is -0.150. The molecule has 0 spiro atoms. The molecular formula is C56H106N2O7S. The molecule has 2 aliphatic carbocycles. The van der Waals surface area contributed by atoms with Crippen LogP contribution in [-0.4, -0.2) is 74.2 Å². The highest BCUT2D eigenvalue weighted by atomic mass is 32.2. The van der Waals surface area contributed by atoms with Crippen molar-refractivity contribution >= 4 is 27.7 Å². The van der Waals surface area contributed by atoms with E-state index in [1.807, 2.05) is 13.8 Å². The van der Waals surface area contributed by atoms with Gasteiger partial charge in [-0.15, -0.1) is 0 Å². The molecular weight excluding hydrogens is 845 g/mol. The molecule has 2 fully saturated rings. The molecule has 2 rings (SSSR count). The minimum atomic E-state index is -3.78. The summed E-state index contributed by atoms with van der Waals surface area (Å²) in [6.45, 7) is 15.9. The zero-order chi connectivity index (χ0) is 48.4. The molecule has 0 heterocycles. The van der Waals surface area contributed by atoms with Crippen LogP contribution in [-0.2, 0) is 33.9 Å². The Morgan fingerprint density at radius 3 is 1.39 bits per heavy atom. The Kier molecular flexibility index (Phi) is 33.4. The van der Waals surface area contributed by atoms with Crippen molar-refractivity contribution in [3.05, 3.63) is 0 Å². The van der Waals surface area contributed by atoms with Gasteiger partial charge in [-0.2, -0.15) is 0 Å². The van der Waals surface area contributed by atoms with Crippen LogP contribution in [0.15, 0.2) is 0 Å². The molecule has 0 amide bonds. The number of hydrogen-bond donors (Lipinski definition) is 1. The zero-order valence-electron chi connectivity index (χ0n) is 44.1. The summed E-state index contributed by atoms with van der Waals surface area (Å²) in [7, 11) is -3.78. The summed E-state index contributed by atoms with van der Waals surface area (Å²) in [6.07, 6.45) is 40.3. The summed E-state index contributed by atoms with van der Waals surface area (Å²) in [5.74, 6) is -0.0130. The van der Waals surface area contributed by atoms with E-state index in [9.17, 15) is 22.8 Å². The van der Waals surface area contributed by atoms with Crippen molar-refractivity contribution in [3.63, 3.8) is 0 Å². The monoisotopic (exact) mass is 951 g/mol. The summed E-state index contributed by atoms with van der Waals surface area (Å²) < 4.78 is 41.0. The highest BCUT2D eigenvalue weighted by Gasteiger charge is 2.70. The van der Waals surface area contributed by atoms with Gasteiger partial charge in [-0.3, -0.25) is 14.4 Å². The minimum Gasteiger partial charge on any atom is -0.462 e. The van der Waals surface area contributed by atoms with Crippen molar-refractivity contribution in [2.24, 2.45) is 11.3 Å². The molecule has 0 aromatic heterocycles. The van der Waals surface area contributed by atoms with Crippen molar-refractivity contribution in [2.45, 2.75) is 302 Å². The highest BCUT2D eigenvalue weighted by molar-refractivity contribution is 7.91. The van der Waals surface area contributed by atoms with Gasteiger partial charge in [0.2, 0.25) is 10.0 Å². The molecule has 2 saturated carbocycles. The van der Waals surface area contributed by atoms with Crippen LogP contribution < -0.4 is 4.72 Å². The van der Waals surface area contributed by atoms with Crippen LogP contribution in [0.2, 0.25) is 0 Å². The largest absolute Gasteiger partial charge is 0.462 e. The first kappa shape index (κ1) is 60.6. The summed E-state index contributed by atoms with van der Waals surface area (Å²) in [4.78, 5) is 41.1. The fourth-order valence-electron chi connectivity index (χ4n) is 11.1. The predicted octanol–water partition coefficient (Wildman–Crippen LogP) is 14.9. The van der Waals surface area contributed by atoms with Crippen LogP contribution in [0.4, 0.5) is 0 Å². The maximum absolute atomic E-state index is 13.7. The molecule has 1 unspecified atom stereocenters. The maximum Gasteiger partial charge on any atom is 0.306 e. The lowest BCUT2D eigenvalue weighted by Crippen LogP contribution is -2.55. The van der Waals surface area contributed by atoms with Crippen molar-refractivity contribution in [3.8, 4) is 0 Å². The molecule has 0 aromatic rings. The SMILES string of the molecule is CCCCCCCCC(CC)OC(=O)CCCCCCCN(CCCCCCCC(=O)OC(CCCCCCCC)CCCCCCCC)CCCNS(=O)(=O)[C@]12CC[C@@H](CC1=O)C2(C)C. The number of unbranched alkanes of at least 4 members (excludes halogenated alkanes) is 23. The van der Waals surface area contributed by atoms with Gasteiger partial charge in [0, 0.05) is 25.8 Å². The second-order valence-corrected chi connectivity index (χ2v) is 23.3. The lowest BCUT2D eigenvalue weighted by Gasteiger charge is -2.35. The number of fused-ring (bicyclic) bond motifs is 2. The van der Waals surface area contributed by atoms with Gasteiger partial charge in [-0.25, -0.2) is 13.1 Å². The van der Waals surface area contributed by atoms with Crippen LogP contribution in [0.5, 0.6) is 0 Å². The fourth-order valence-corrected chi connectivity index (χ4v) is 13.3. The Morgan fingerprint density at radius 2 is 0.970 bits per heavy atom. The van der Waals surface area contributed by atoms with Crippen LogP contribution in [0.25, 0.3) is 0 Å². The number of rotatable bonds is 46. The zero-order valence-corrected chi connectivity index (χ0v) is 45.0. The molecule has 10 heteroatoms. The molecule has 66 heavy (non-hydrogen) atoms. The van der Waals surface area contributed by atoms with Crippen molar-refractivity contribution in [2.75, 3.05) is 26.2 Å². The summed E-state index contributed by atoms with van der Waals surface area (Å²) in [5.41, 5.74) is -0.531.